The van der Waals surface area contributed by atoms with Gasteiger partial charge in [0.15, 0.2) is 0 Å². The van der Waals surface area contributed by atoms with Gasteiger partial charge in [-0.3, -0.25) is 5.10 Å². The van der Waals surface area contributed by atoms with Crippen molar-refractivity contribution in [1.29, 1.82) is 0 Å². The highest BCUT2D eigenvalue weighted by molar-refractivity contribution is 5.95. The number of benzene rings is 1. The highest BCUT2D eigenvalue weighted by Crippen LogP contribution is 2.28. The first kappa shape index (κ1) is 19.5. The summed E-state index contributed by atoms with van der Waals surface area (Å²) in [6, 6.07) is 9.74. The Labute approximate surface area is 163 Å². The van der Waals surface area contributed by atoms with E-state index in [4.69, 9.17) is 10.5 Å². The van der Waals surface area contributed by atoms with Crippen molar-refractivity contribution >= 4 is 28.5 Å². The fraction of sp³-hybridized carbons (Fsp3) is 0.350. The number of hydrogen-bond donors (Lipinski definition) is 4. The van der Waals surface area contributed by atoms with Gasteiger partial charge >= 0.3 is 6.09 Å². The number of rotatable bonds is 6. The molecule has 0 fully saturated rings. The molecule has 0 radical (unpaired) electrons. The molecule has 0 atom stereocenters. The van der Waals surface area contributed by atoms with E-state index in [1.807, 2.05) is 51.1 Å². The number of carbonyl (C=O) groups excluding carboxylic acids is 1. The van der Waals surface area contributed by atoms with E-state index in [1.54, 1.807) is 6.20 Å². The third-order valence-corrected chi connectivity index (χ3v) is 3.98. The minimum Gasteiger partial charge on any atom is -0.444 e. The van der Waals surface area contributed by atoms with Gasteiger partial charge in [0, 0.05) is 42.0 Å². The van der Waals surface area contributed by atoms with E-state index < -0.39 is 11.7 Å². The molecular weight excluding hydrogens is 356 g/mol. The Hall–Kier alpha value is -3.29. The van der Waals surface area contributed by atoms with E-state index in [2.05, 4.69) is 25.8 Å². The summed E-state index contributed by atoms with van der Waals surface area (Å²) in [4.78, 5) is 16.1. The highest BCUT2D eigenvalue weighted by atomic mass is 16.6. The fourth-order valence-electron chi connectivity index (χ4n) is 2.80. The van der Waals surface area contributed by atoms with E-state index in [1.165, 1.54) is 0 Å². The summed E-state index contributed by atoms with van der Waals surface area (Å²) in [5.41, 5.74) is 9.12. The summed E-state index contributed by atoms with van der Waals surface area (Å²) in [7, 11) is 0. The minimum absolute atomic E-state index is 0.405. The maximum absolute atomic E-state index is 11.7. The van der Waals surface area contributed by atoms with Gasteiger partial charge in [-0.15, -0.1) is 0 Å². The van der Waals surface area contributed by atoms with Crippen molar-refractivity contribution in [3.8, 4) is 11.3 Å². The number of H-pyrrole nitrogens is 1. The Morgan fingerprint density at radius 2 is 2.04 bits per heavy atom. The molecule has 0 aliphatic heterocycles. The van der Waals surface area contributed by atoms with E-state index in [-0.39, 0.29) is 0 Å². The largest absolute Gasteiger partial charge is 0.444 e. The molecule has 2 aromatic heterocycles. The Morgan fingerprint density at radius 1 is 1.21 bits per heavy atom. The summed E-state index contributed by atoms with van der Waals surface area (Å²) in [6.07, 6.45) is 2.05. The van der Waals surface area contributed by atoms with Crippen molar-refractivity contribution in [2.75, 3.05) is 24.1 Å². The standard InChI is InChI=1S/C20H26N6O2/c1-20(2,3)28-19(27)23-9-4-8-22-16-12-18(21)25-17-11-13(5-6-14(16)17)15-7-10-24-26-15/h5-7,10-12H,4,8-9H2,1-3H3,(H,23,27)(H,24,26)(H3,21,22,25). The van der Waals surface area contributed by atoms with Crippen LogP contribution in [0.5, 0.6) is 0 Å². The van der Waals surface area contributed by atoms with Crippen LogP contribution in [0.4, 0.5) is 16.3 Å². The van der Waals surface area contributed by atoms with E-state index >= 15 is 0 Å². The fourth-order valence-corrected chi connectivity index (χ4v) is 2.80. The number of nitrogens with two attached hydrogens (primary N) is 1. The molecule has 8 nitrogen and oxygen atoms in total. The highest BCUT2D eigenvalue weighted by Gasteiger charge is 2.15. The van der Waals surface area contributed by atoms with Gasteiger partial charge < -0.3 is 21.1 Å². The molecule has 0 unspecified atom stereocenters. The van der Waals surface area contributed by atoms with Crippen LogP contribution in [0.3, 0.4) is 0 Å². The molecular formula is C20H26N6O2. The van der Waals surface area contributed by atoms with Crippen molar-refractivity contribution in [2.24, 2.45) is 0 Å². The Bertz CT molecular complexity index is 947. The lowest BCUT2D eigenvalue weighted by Crippen LogP contribution is -2.33. The van der Waals surface area contributed by atoms with Gasteiger partial charge in [-0.1, -0.05) is 12.1 Å². The topological polar surface area (TPSA) is 118 Å². The van der Waals surface area contributed by atoms with Crippen molar-refractivity contribution in [3.63, 3.8) is 0 Å². The third kappa shape index (κ3) is 5.12. The van der Waals surface area contributed by atoms with Gasteiger partial charge in [-0.25, -0.2) is 9.78 Å². The van der Waals surface area contributed by atoms with Gasteiger partial charge in [0.25, 0.3) is 0 Å². The quantitative estimate of drug-likeness (QED) is 0.484. The molecule has 0 aliphatic carbocycles. The maximum Gasteiger partial charge on any atom is 0.407 e. The summed E-state index contributed by atoms with van der Waals surface area (Å²) < 4.78 is 5.22. The van der Waals surface area contributed by atoms with Gasteiger partial charge in [0.2, 0.25) is 0 Å². The molecule has 2 heterocycles. The molecule has 3 aromatic rings. The predicted molar refractivity (Wildman–Crippen MR) is 111 cm³/mol. The molecule has 3 rings (SSSR count). The van der Waals surface area contributed by atoms with Crippen LogP contribution in [0.25, 0.3) is 22.2 Å². The average molecular weight is 382 g/mol. The molecule has 148 valence electrons. The SMILES string of the molecule is CC(C)(C)OC(=O)NCCCNc1cc(N)nc2cc(-c3ccn[nH]3)ccc12. The number of carbonyl (C=O) groups is 1. The van der Waals surface area contributed by atoms with Crippen LogP contribution in [0.2, 0.25) is 0 Å². The number of nitrogen functional groups attached to an aromatic ring is 1. The lowest BCUT2D eigenvalue weighted by Gasteiger charge is -2.19. The van der Waals surface area contributed by atoms with Crippen LogP contribution in [0, 0.1) is 0 Å². The zero-order valence-electron chi connectivity index (χ0n) is 16.4. The lowest BCUT2D eigenvalue weighted by atomic mass is 10.1. The molecule has 8 heteroatoms. The van der Waals surface area contributed by atoms with Crippen LogP contribution in [-0.2, 0) is 4.74 Å². The van der Waals surface area contributed by atoms with Crippen molar-refractivity contribution in [2.45, 2.75) is 32.8 Å². The number of aromatic nitrogens is 3. The molecule has 0 aliphatic rings. The number of anilines is 2. The molecule has 0 spiro atoms. The molecule has 5 N–H and O–H groups in total. The summed E-state index contributed by atoms with van der Waals surface area (Å²) >= 11 is 0. The number of fused-ring (bicyclic) bond motifs is 1. The van der Waals surface area contributed by atoms with Crippen LogP contribution in [-0.4, -0.2) is 40.0 Å². The second kappa shape index (κ2) is 8.16. The third-order valence-electron chi connectivity index (χ3n) is 3.98. The second-order valence-electron chi connectivity index (χ2n) is 7.51. The normalized spacial score (nSPS) is 11.4. The first-order chi connectivity index (χ1) is 13.3. The molecule has 0 saturated heterocycles. The van der Waals surface area contributed by atoms with Crippen LogP contribution in [0.1, 0.15) is 27.2 Å². The zero-order valence-corrected chi connectivity index (χ0v) is 16.4. The molecule has 0 saturated carbocycles. The number of ether oxygens (including phenoxy) is 1. The molecule has 1 aromatic carbocycles. The van der Waals surface area contributed by atoms with Crippen LogP contribution < -0.4 is 16.4 Å². The van der Waals surface area contributed by atoms with Crippen LogP contribution in [0.15, 0.2) is 36.5 Å². The Kier molecular flexibility index (Phi) is 5.67. The number of hydrogen-bond acceptors (Lipinski definition) is 6. The van der Waals surface area contributed by atoms with Gasteiger partial charge in [0.05, 0.1) is 11.2 Å². The smallest absolute Gasteiger partial charge is 0.407 e. The number of nitrogens with zero attached hydrogens (tertiary/aromatic N) is 2. The molecule has 28 heavy (non-hydrogen) atoms. The van der Waals surface area contributed by atoms with Crippen molar-refractivity contribution in [1.82, 2.24) is 20.5 Å². The second-order valence-corrected chi connectivity index (χ2v) is 7.51. The number of pyridine rings is 1. The Balaban J connectivity index is 1.61. The predicted octanol–water partition coefficient (Wildman–Crippen LogP) is 3.53. The average Bonchev–Trinajstić information content (AvgIpc) is 3.13. The monoisotopic (exact) mass is 382 g/mol. The summed E-state index contributed by atoms with van der Waals surface area (Å²) in [5.74, 6) is 0.448. The zero-order chi connectivity index (χ0) is 20.1. The van der Waals surface area contributed by atoms with Crippen molar-refractivity contribution in [3.05, 3.63) is 36.5 Å². The first-order valence-electron chi connectivity index (χ1n) is 9.22. The number of alkyl carbamates (subject to hydrolysis) is 1. The van der Waals surface area contributed by atoms with Crippen LogP contribution >= 0.6 is 0 Å². The number of amides is 1. The van der Waals surface area contributed by atoms with E-state index in [9.17, 15) is 4.79 Å². The number of aromatic amines is 1. The Morgan fingerprint density at radius 3 is 2.75 bits per heavy atom. The minimum atomic E-state index is -0.495. The maximum atomic E-state index is 11.7. The first-order valence-corrected chi connectivity index (χ1v) is 9.22. The van der Waals surface area contributed by atoms with Gasteiger partial charge in [-0.2, -0.15) is 5.10 Å². The van der Waals surface area contributed by atoms with Gasteiger partial charge in [-0.05, 0) is 39.3 Å². The van der Waals surface area contributed by atoms with E-state index in [0.717, 1.165) is 34.3 Å². The lowest BCUT2D eigenvalue weighted by molar-refractivity contribution is 0.0528. The number of nitrogens with one attached hydrogen (secondary N) is 3. The summed E-state index contributed by atoms with van der Waals surface area (Å²) in [6.45, 7) is 6.71. The van der Waals surface area contributed by atoms with Gasteiger partial charge in [0.1, 0.15) is 11.4 Å². The molecule has 0 bridgehead atoms. The van der Waals surface area contributed by atoms with Crippen molar-refractivity contribution < 1.29 is 9.53 Å². The molecule has 1 amide bonds. The summed E-state index contributed by atoms with van der Waals surface area (Å²) in [5, 5.41) is 14.0. The van der Waals surface area contributed by atoms with E-state index in [0.29, 0.717) is 18.9 Å².